The molecular formula is C13H12ClN5O. The Morgan fingerprint density at radius 1 is 1.25 bits per heavy atom. The van der Waals surface area contributed by atoms with Crippen molar-refractivity contribution in [2.24, 2.45) is 7.05 Å². The van der Waals surface area contributed by atoms with E-state index in [0.717, 1.165) is 5.56 Å². The Labute approximate surface area is 119 Å². The molecule has 7 heteroatoms. The summed E-state index contributed by atoms with van der Waals surface area (Å²) in [6.07, 6.45) is 0. The molecule has 2 aromatic heterocycles. The second-order valence-electron chi connectivity index (χ2n) is 4.58. The van der Waals surface area contributed by atoms with Gasteiger partial charge in [0, 0.05) is 12.1 Å². The van der Waals surface area contributed by atoms with Gasteiger partial charge in [0.15, 0.2) is 5.52 Å². The van der Waals surface area contributed by atoms with Crippen molar-refractivity contribution in [1.29, 1.82) is 0 Å². The summed E-state index contributed by atoms with van der Waals surface area (Å²) in [5.41, 5.74) is 2.44. The highest BCUT2D eigenvalue weighted by atomic mass is 35.5. The van der Waals surface area contributed by atoms with Gasteiger partial charge in [0.25, 0.3) is 5.56 Å². The molecule has 0 atom stereocenters. The Morgan fingerprint density at radius 3 is 2.65 bits per heavy atom. The van der Waals surface area contributed by atoms with Gasteiger partial charge in [0.2, 0.25) is 0 Å². The molecule has 1 aromatic carbocycles. The molecule has 0 unspecified atom stereocenters. The van der Waals surface area contributed by atoms with Crippen molar-refractivity contribution in [3.63, 3.8) is 0 Å². The van der Waals surface area contributed by atoms with Crippen molar-refractivity contribution in [1.82, 2.24) is 24.8 Å². The van der Waals surface area contributed by atoms with Gasteiger partial charge < -0.3 is 0 Å². The maximum atomic E-state index is 12.4. The number of hydrogen-bond donors (Lipinski definition) is 0. The first-order valence-electron chi connectivity index (χ1n) is 6.08. The van der Waals surface area contributed by atoms with Crippen LogP contribution >= 0.6 is 11.6 Å². The summed E-state index contributed by atoms with van der Waals surface area (Å²) in [5.74, 6) is 0. The van der Waals surface area contributed by atoms with Crippen LogP contribution in [0.15, 0.2) is 29.1 Å². The lowest BCUT2D eigenvalue weighted by Gasteiger charge is -2.04. The van der Waals surface area contributed by atoms with Crippen LogP contribution in [0.5, 0.6) is 0 Å². The number of rotatable bonds is 2. The molecular weight excluding hydrogens is 278 g/mol. The number of aryl methyl sites for hydroxylation is 2. The van der Waals surface area contributed by atoms with E-state index in [4.69, 9.17) is 11.6 Å². The number of hydrogen-bond acceptors (Lipinski definition) is 4. The van der Waals surface area contributed by atoms with Crippen molar-refractivity contribution in [2.45, 2.75) is 13.5 Å². The third-order valence-corrected chi connectivity index (χ3v) is 3.38. The summed E-state index contributed by atoms with van der Waals surface area (Å²) >= 11 is 5.84. The molecule has 0 spiro atoms. The van der Waals surface area contributed by atoms with E-state index in [1.807, 2.05) is 12.1 Å². The number of nitrogens with zero attached hydrogens (tertiary/aromatic N) is 5. The highest BCUT2D eigenvalue weighted by Crippen LogP contribution is 2.11. The molecule has 102 valence electrons. The molecule has 0 aliphatic carbocycles. The summed E-state index contributed by atoms with van der Waals surface area (Å²) in [6.45, 7) is 2.16. The molecule has 0 saturated heterocycles. The first-order chi connectivity index (χ1) is 9.56. The molecule has 0 radical (unpaired) electrons. The van der Waals surface area contributed by atoms with Crippen LogP contribution in [0.4, 0.5) is 0 Å². The lowest BCUT2D eigenvalue weighted by Crippen LogP contribution is -2.26. The Morgan fingerprint density at radius 2 is 1.95 bits per heavy atom. The minimum atomic E-state index is -0.201. The van der Waals surface area contributed by atoms with E-state index in [-0.39, 0.29) is 5.56 Å². The molecule has 0 bridgehead atoms. The Bertz CT molecular complexity index is 834. The first kappa shape index (κ1) is 12.8. The standard InChI is InChI=1S/C13H12ClN5O/c1-8-11-12(18(2)16-8)13(20)19(17-15-11)7-9-3-5-10(14)6-4-9/h3-6H,7H2,1-2H3. The lowest BCUT2D eigenvalue weighted by atomic mass is 10.2. The van der Waals surface area contributed by atoms with E-state index in [2.05, 4.69) is 15.4 Å². The van der Waals surface area contributed by atoms with E-state index in [0.29, 0.717) is 28.3 Å². The van der Waals surface area contributed by atoms with Crippen molar-refractivity contribution >= 4 is 22.6 Å². The topological polar surface area (TPSA) is 65.6 Å². The van der Waals surface area contributed by atoms with Crippen LogP contribution in [0.1, 0.15) is 11.3 Å². The van der Waals surface area contributed by atoms with Crippen LogP contribution < -0.4 is 5.56 Å². The van der Waals surface area contributed by atoms with E-state index >= 15 is 0 Å². The van der Waals surface area contributed by atoms with Crippen molar-refractivity contribution in [3.8, 4) is 0 Å². The summed E-state index contributed by atoms with van der Waals surface area (Å²) in [4.78, 5) is 12.4. The fourth-order valence-corrected chi connectivity index (χ4v) is 2.26. The molecule has 20 heavy (non-hydrogen) atoms. The molecule has 3 aromatic rings. The quantitative estimate of drug-likeness (QED) is 0.718. The van der Waals surface area contributed by atoms with Gasteiger partial charge in [-0.05, 0) is 24.6 Å². The van der Waals surface area contributed by atoms with Crippen molar-refractivity contribution < 1.29 is 0 Å². The van der Waals surface area contributed by atoms with Gasteiger partial charge >= 0.3 is 0 Å². The average Bonchev–Trinajstić information content (AvgIpc) is 2.71. The second kappa shape index (κ2) is 4.72. The zero-order valence-electron chi connectivity index (χ0n) is 11.0. The largest absolute Gasteiger partial charge is 0.296 e. The van der Waals surface area contributed by atoms with Crippen LogP contribution in [0.25, 0.3) is 11.0 Å². The van der Waals surface area contributed by atoms with Gasteiger partial charge in [-0.15, -0.1) is 5.10 Å². The third kappa shape index (κ3) is 2.08. The summed E-state index contributed by atoms with van der Waals surface area (Å²) in [7, 11) is 1.73. The van der Waals surface area contributed by atoms with Crippen LogP contribution in [-0.4, -0.2) is 24.8 Å². The van der Waals surface area contributed by atoms with Gasteiger partial charge in [0.1, 0.15) is 5.52 Å². The maximum Gasteiger partial charge on any atom is 0.296 e. The highest BCUT2D eigenvalue weighted by molar-refractivity contribution is 6.30. The van der Waals surface area contributed by atoms with E-state index in [1.54, 1.807) is 30.8 Å². The van der Waals surface area contributed by atoms with E-state index in [9.17, 15) is 4.79 Å². The van der Waals surface area contributed by atoms with Gasteiger partial charge in [-0.3, -0.25) is 9.48 Å². The number of halogens is 1. The monoisotopic (exact) mass is 289 g/mol. The maximum absolute atomic E-state index is 12.4. The van der Waals surface area contributed by atoms with E-state index < -0.39 is 0 Å². The normalized spacial score (nSPS) is 11.2. The van der Waals surface area contributed by atoms with Crippen LogP contribution in [-0.2, 0) is 13.6 Å². The van der Waals surface area contributed by atoms with Crippen LogP contribution in [0.3, 0.4) is 0 Å². The predicted octanol–water partition coefficient (Wildman–Crippen LogP) is 1.54. The molecule has 6 nitrogen and oxygen atoms in total. The predicted molar refractivity (Wildman–Crippen MR) is 75.9 cm³/mol. The Hall–Kier alpha value is -2.21. The molecule has 0 aliphatic rings. The SMILES string of the molecule is Cc1nn(C)c2c(=O)n(Cc3ccc(Cl)cc3)nnc12. The van der Waals surface area contributed by atoms with E-state index in [1.165, 1.54) is 4.68 Å². The molecule has 0 N–H and O–H groups in total. The fraction of sp³-hybridized carbons (Fsp3) is 0.231. The molecule has 0 amide bonds. The van der Waals surface area contributed by atoms with Gasteiger partial charge in [0.05, 0.1) is 12.2 Å². The van der Waals surface area contributed by atoms with Crippen molar-refractivity contribution in [3.05, 3.63) is 50.9 Å². The fourth-order valence-electron chi connectivity index (χ4n) is 2.13. The summed E-state index contributed by atoms with van der Waals surface area (Å²) in [5, 5.41) is 12.9. The molecule has 2 heterocycles. The molecule has 3 rings (SSSR count). The highest BCUT2D eigenvalue weighted by Gasteiger charge is 2.13. The minimum absolute atomic E-state index is 0.201. The zero-order valence-corrected chi connectivity index (χ0v) is 11.8. The molecule has 0 fully saturated rings. The smallest absolute Gasteiger partial charge is 0.265 e. The van der Waals surface area contributed by atoms with Crippen LogP contribution in [0, 0.1) is 6.92 Å². The number of benzene rings is 1. The summed E-state index contributed by atoms with van der Waals surface area (Å²) < 4.78 is 2.87. The minimum Gasteiger partial charge on any atom is -0.265 e. The third-order valence-electron chi connectivity index (χ3n) is 3.13. The number of fused-ring (bicyclic) bond motifs is 1. The zero-order chi connectivity index (χ0) is 14.3. The van der Waals surface area contributed by atoms with Gasteiger partial charge in [-0.1, -0.05) is 28.9 Å². The first-order valence-corrected chi connectivity index (χ1v) is 6.45. The Kier molecular flexibility index (Phi) is 3.02. The second-order valence-corrected chi connectivity index (χ2v) is 5.02. The molecule has 0 aliphatic heterocycles. The van der Waals surface area contributed by atoms with Crippen LogP contribution in [0.2, 0.25) is 5.02 Å². The Balaban J connectivity index is 2.09. The van der Waals surface area contributed by atoms with Crippen molar-refractivity contribution in [2.75, 3.05) is 0 Å². The number of aromatic nitrogens is 5. The average molecular weight is 290 g/mol. The van der Waals surface area contributed by atoms with Gasteiger partial charge in [-0.2, -0.15) is 5.10 Å². The molecule has 0 saturated carbocycles. The van der Waals surface area contributed by atoms with Gasteiger partial charge in [-0.25, -0.2) is 4.68 Å². The summed E-state index contributed by atoms with van der Waals surface area (Å²) in [6, 6.07) is 7.27. The lowest BCUT2D eigenvalue weighted by molar-refractivity contribution is 0.596.